The van der Waals surface area contributed by atoms with Crippen molar-refractivity contribution in [1.82, 2.24) is 0 Å². The standard InChI is InChI=1S/C11H17F2NO/c1-3-4-10-9(7-8(2)14)11(12,13)5-6-15-10/h4,7-8H,3,5-6,14H2,1-2H3/b9-7+,10-4+. The van der Waals surface area contributed by atoms with E-state index in [0.29, 0.717) is 6.42 Å². The summed E-state index contributed by atoms with van der Waals surface area (Å²) in [5, 5.41) is 0. The third-order valence-corrected chi connectivity index (χ3v) is 2.15. The van der Waals surface area contributed by atoms with Crippen molar-refractivity contribution in [2.45, 2.75) is 38.7 Å². The summed E-state index contributed by atoms with van der Waals surface area (Å²) >= 11 is 0. The van der Waals surface area contributed by atoms with Crippen molar-refractivity contribution in [1.29, 1.82) is 0 Å². The molecule has 1 saturated heterocycles. The van der Waals surface area contributed by atoms with Gasteiger partial charge in [-0.05, 0) is 19.4 Å². The van der Waals surface area contributed by atoms with Gasteiger partial charge in [0.05, 0.1) is 18.6 Å². The monoisotopic (exact) mass is 217 g/mol. The van der Waals surface area contributed by atoms with E-state index in [0.717, 1.165) is 0 Å². The summed E-state index contributed by atoms with van der Waals surface area (Å²) in [6.45, 7) is 3.61. The van der Waals surface area contributed by atoms with Gasteiger partial charge in [0.25, 0.3) is 5.92 Å². The first kappa shape index (κ1) is 12.2. The fourth-order valence-electron chi connectivity index (χ4n) is 1.50. The molecule has 15 heavy (non-hydrogen) atoms. The number of hydrogen-bond donors (Lipinski definition) is 1. The SMILES string of the molecule is CC/C=C1/OCCC(F)(F)/C1=C/C(C)N. The van der Waals surface area contributed by atoms with E-state index in [1.807, 2.05) is 6.92 Å². The first-order valence-corrected chi connectivity index (χ1v) is 5.16. The first-order chi connectivity index (χ1) is 6.97. The van der Waals surface area contributed by atoms with Gasteiger partial charge in [0.15, 0.2) is 0 Å². The number of hydrogen-bond acceptors (Lipinski definition) is 2. The zero-order chi connectivity index (χ0) is 11.5. The molecule has 0 aromatic heterocycles. The maximum atomic E-state index is 13.6. The average molecular weight is 217 g/mol. The number of alkyl halides is 2. The molecule has 1 unspecified atom stereocenters. The highest BCUT2D eigenvalue weighted by atomic mass is 19.3. The van der Waals surface area contributed by atoms with Crippen LogP contribution in [-0.4, -0.2) is 18.6 Å². The van der Waals surface area contributed by atoms with Crippen LogP contribution in [0.3, 0.4) is 0 Å². The highest BCUT2D eigenvalue weighted by Crippen LogP contribution is 2.37. The second-order valence-electron chi connectivity index (χ2n) is 3.72. The number of nitrogens with two attached hydrogens (primary N) is 1. The second kappa shape index (κ2) is 4.75. The highest BCUT2D eigenvalue weighted by Gasteiger charge is 2.40. The Morgan fingerprint density at radius 2 is 2.27 bits per heavy atom. The number of ether oxygens (including phenoxy) is 1. The summed E-state index contributed by atoms with van der Waals surface area (Å²) < 4.78 is 32.3. The van der Waals surface area contributed by atoms with Crippen molar-refractivity contribution in [3.63, 3.8) is 0 Å². The molecule has 0 bridgehead atoms. The lowest BCUT2D eigenvalue weighted by atomic mass is 9.98. The summed E-state index contributed by atoms with van der Waals surface area (Å²) in [5.41, 5.74) is 5.45. The first-order valence-electron chi connectivity index (χ1n) is 5.16. The van der Waals surface area contributed by atoms with E-state index < -0.39 is 12.0 Å². The Morgan fingerprint density at radius 1 is 1.60 bits per heavy atom. The van der Waals surface area contributed by atoms with Gasteiger partial charge in [0, 0.05) is 6.04 Å². The molecule has 0 aromatic rings. The van der Waals surface area contributed by atoms with Crippen LogP contribution in [0.4, 0.5) is 8.78 Å². The van der Waals surface area contributed by atoms with E-state index in [9.17, 15) is 8.78 Å². The predicted octanol–water partition coefficient (Wildman–Crippen LogP) is 2.61. The number of halogens is 2. The summed E-state index contributed by atoms with van der Waals surface area (Å²) in [4.78, 5) is 0. The van der Waals surface area contributed by atoms with Crippen molar-refractivity contribution in [2.75, 3.05) is 6.61 Å². The van der Waals surface area contributed by atoms with Gasteiger partial charge >= 0.3 is 0 Å². The molecule has 0 spiro atoms. The van der Waals surface area contributed by atoms with Crippen LogP contribution in [0.15, 0.2) is 23.5 Å². The largest absolute Gasteiger partial charge is 0.493 e. The van der Waals surface area contributed by atoms with E-state index >= 15 is 0 Å². The fraction of sp³-hybridized carbons (Fsp3) is 0.636. The lowest BCUT2D eigenvalue weighted by Crippen LogP contribution is -2.30. The van der Waals surface area contributed by atoms with E-state index in [1.165, 1.54) is 6.08 Å². The third-order valence-electron chi connectivity index (χ3n) is 2.15. The molecule has 4 heteroatoms. The van der Waals surface area contributed by atoms with Crippen LogP contribution in [-0.2, 0) is 4.74 Å². The van der Waals surface area contributed by atoms with Gasteiger partial charge in [-0.15, -0.1) is 0 Å². The fourth-order valence-corrected chi connectivity index (χ4v) is 1.50. The quantitative estimate of drug-likeness (QED) is 0.771. The average Bonchev–Trinajstić information content (AvgIpc) is 2.10. The van der Waals surface area contributed by atoms with Gasteiger partial charge in [-0.3, -0.25) is 0 Å². The molecular formula is C11H17F2NO. The minimum absolute atomic E-state index is 0.0643. The zero-order valence-electron chi connectivity index (χ0n) is 9.09. The van der Waals surface area contributed by atoms with Crippen LogP contribution in [0.2, 0.25) is 0 Å². The van der Waals surface area contributed by atoms with Crippen LogP contribution in [0.1, 0.15) is 26.7 Å². The van der Waals surface area contributed by atoms with E-state index in [2.05, 4.69) is 0 Å². The maximum absolute atomic E-state index is 13.6. The Hall–Kier alpha value is -0.900. The van der Waals surface area contributed by atoms with Crippen molar-refractivity contribution in [3.8, 4) is 0 Å². The van der Waals surface area contributed by atoms with Crippen molar-refractivity contribution < 1.29 is 13.5 Å². The van der Waals surface area contributed by atoms with E-state index in [-0.39, 0.29) is 24.4 Å². The predicted molar refractivity (Wildman–Crippen MR) is 55.6 cm³/mol. The summed E-state index contributed by atoms with van der Waals surface area (Å²) in [7, 11) is 0. The molecule has 0 aromatic carbocycles. The summed E-state index contributed by atoms with van der Waals surface area (Å²) in [5.74, 6) is -2.53. The lowest BCUT2D eigenvalue weighted by Gasteiger charge is -2.28. The van der Waals surface area contributed by atoms with Gasteiger partial charge in [-0.1, -0.05) is 13.0 Å². The molecular weight excluding hydrogens is 200 g/mol. The molecule has 2 N–H and O–H groups in total. The molecule has 0 aliphatic carbocycles. The van der Waals surface area contributed by atoms with Crippen molar-refractivity contribution >= 4 is 0 Å². The molecule has 0 saturated carbocycles. The Bertz CT molecular complexity index is 282. The van der Waals surface area contributed by atoms with Gasteiger partial charge < -0.3 is 10.5 Å². The second-order valence-corrected chi connectivity index (χ2v) is 3.72. The van der Waals surface area contributed by atoms with Crippen LogP contribution in [0.25, 0.3) is 0 Å². The minimum Gasteiger partial charge on any atom is -0.493 e. The lowest BCUT2D eigenvalue weighted by molar-refractivity contribution is -0.0193. The maximum Gasteiger partial charge on any atom is 0.279 e. The molecule has 1 rings (SSSR count). The van der Waals surface area contributed by atoms with E-state index in [1.54, 1.807) is 13.0 Å². The molecule has 1 aliphatic heterocycles. The zero-order valence-corrected chi connectivity index (χ0v) is 9.09. The summed E-state index contributed by atoms with van der Waals surface area (Å²) in [6, 6.07) is -0.396. The Balaban J connectivity index is 3.03. The van der Waals surface area contributed by atoms with Gasteiger partial charge in [-0.25, -0.2) is 8.78 Å². The van der Waals surface area contributed by atoms with Crippen LogP contribution >= 0.6 is 0 Å². The van der Waals surface area contributed by atoms with E-state index in [4.69, 9.17) is 10.5 Å². The third kappa shape index (κ3) is 3.02. The van der Waals surface area contributed by atoms with Crippen molar-refractivity contribution in [2.24, 2.45) is 5.73 Å². The number of allylic oxidation sites excluding steroid dienone is 2. The van der Waals surface area contributed by atoms with Gasteiger partial charge in [0.2, 0.25) is 0 Å². The molecule has 1 aliphatic rings. The topological polar surface area (TPSA) is 35.2 Å². The Morgan fingerprint density at radius 3 is 2.80 bits per heavy atom. The Kier molecular flexibility index (Phi) is 3.85. The van der Waals surface area contributed by atoms with Crippen molar-refractivity contribution in [3.05, 3.63) is 23.5 Å². The van der Waals surface area contributed by atoms with Crippen LogP contribution in [0.5, 0.6) is 0 Å². The summed E-state index contributed by atoms with van der Waals surface area (Å²) in [6.07, 6.45) is 3.44. The minimum atomic E-state index is -2.81. The molecule has 2 nitrogen and oxygen atoms in total. The van der Waals surface area contributed by atoms with Gasteiger partial charge in [-0.2, -0.15) is 0 Å². The molecule has 0 amide bonds. The molecule has 1 heterocycles. The molecule has 1 fully saturated rings. The normalized spacial score (nSPS) is 27.8. The van der Waals surface area contributed by atoms with Crippen LogP contribution < -0.4 is 5.73 Å². The smallest absolute Gasteiger partial charge is 0.279 e. The van der Waals surface area contributed by atoms with Crippen LogP contribution in [0, 0.1) is 0 Å². The highest BCUT2D eigenvalue weighted by molar-refractivity contribution is 5.35. The number of rotatable bonds is 2. The molecule has 0 radical (unpaired) electrons. The molecule has 1 atom stereocenters. The molecule has 86 valence electrons. The Labute approximate surface area is 88.8 Å². The van der Waals surface area contributed by atoms with Gasteiger partial charge in [0.1, 0.15) is 5.76 Å².